The van der Waals surface area contributed by atoms with Crippen LogP contribution in [0.3, 0.4) is 0 Å². The van der Waals surface area contributed by atoms with Gasteiger partial charge in [-0.15, -0.1) is 11.3 Å². The highest BCUT2D eigenvalue weighted by Gasteiger charge is 2.47. The van der Waals surface area contributed by atoms with Gasteiger partial charge < -0.3 is 20.6 Å². The average molecular weight is 359 g/mol. The summed E-state index contributed by atoms with van der Waals surface area (Å²) in [4.78, 5) is 27.5. The van der Waals surface area contributed by atoms with Gasteiger partial charge in [0.1, 0.15) is 12.1 Å². The van der Waals surface area contributed by atoms with Gasteiger partial charge in [-0.3, -0.25) is 9.59 Å². The number of carbonyl (C=O) groups excluding carboxylic acids is 2. The van der Waals surface area contributed by atoms with Crippen molar-refractivity contribution in [2.24, 2.45) is 0 Å². The van der Waals surface area contributed by atoms with Crippen LogP contribution in [0.5, 0.6) is 0 Å². The predicted molar refractivity (Wildman–Crippen MR) is 96.2 cm³/mol. The molecule has 0 saturated carbocycles. The van der Waals surface area contributed by atoms with Crippen LogP contribution in [0.25, 0.3) is 10.1 Å². The zero-order valence-corrected chi connectivity index (χ0v) is 14.8. The SMILES string of the molecule is C[C@@H](O)[C@@H]1NC(=O)[C@@H]2C[C@H](NCc3cc4ccccc4s3)CN2C1=O. The number of nitrogens with zero attached hydrogens (tertiary/aromatic N) is 1. The fraction of sp³-hybridized carbons (Fsp3) is 0.444. The van der Waals surface area contributed by atoms with Crippen molar-refractivity contribution in [3.8, 4) is 0 Å². The quantitative estimate of drug-likeness (QED) is 0.756. The van der Waals surface area contributed by atoms with Crippen molar-refractivity contribution in [3.63, 3.8) is 0 Å². The van der Waals surface area contributed by atoms with E-state index in [0.29, 0.717) is 13.0 Å². The molecule has 3 N–H and O–H groups in total. The third kappa shape index (κ3) is 3.03. The number of nitrogens with one attached hydrogen (secondary N) is 2. The second-order valence-corrected chi connectivity index (χ2v) is 7.97. The van der Waals surface area contributed by atoms with Crippen LogP contribution in [0, 0.1) is 0 Å². The first-order valence-corrected chi connectivity index (χ1v) is 9.34. The summed E-state index contributed by atoms with van der Waals surface area (Å²) in [6, 6.07) is 9.28. The summed E-state index contributed by atoms with van der Waals surface area (Å²) in [6.07, 6.45) is -0.280. The second-order valence-electron chi connectivity index (χ2n) is 6.80. The monoisotopic (exact) mass is 359 g/mol. The number of hydrogen-bond acceptors (Lipinski definition) is 5. The molecule has 7 heteroatoms. The van der Waals surface area contributed by atoms with E-state index in [1.165, 1.54) is 21.9 Å². The van der Waals surface area contributed by atoms with Crippen molar-refractivity contribution in [1.29, 1.82) is 0 Å². The van der Waals surface area contributed by atoms with Crippen LogP contribution in [-0.2, 0) is 16.1 Å². The minimum absolute atomic E-state index is 0.0812. The first kappa shape index (κ1) is 16.5. The van der Waals surface area contributed by atoms with Crippen molar-refractivity contribution in [3.05, 3.63) is 35.2 Å². The lowest BCUT2D eigenvalue weighted by atomic mass is 10.0. The number of benzene rings is 1. The van der Waals surface area contributed by atoms with Gasteiger partial charge in [0, 0.05) is 28.7 Å². The van der Waals surface area contributed by atoms with Gasteiger partial charge in [-0.2, -0.15) is 0 Å². The van der Waals surface area contributed by atoms with Crippen molar-refractivity contribution >= 4 is 33.2 Å². The van der Waals surface area contributed by atoms with Gasteiger partial charge in [0.2, 0.25) is 11.8 Å². The molecule has 6 nitrogen and oxygen atoms in total. The molecule has 2 aliphatic heterocycles. The van der Waals surface area contributed by atoms with E-state index in [1.54, 1.807) is 16.2 Å². The Labute approximate surface area is 149 Å². The van der Waals surface area contributed by atoms with Crippen LogP contribution < -0.4 is 10.6 Å². The lowest BCUT2D eigenvalue weighted by Gasteiger charge is -2.35. The van der Waals surface area contributed by atoms with E-state index in [0.717, 1.165) is 6.54 Å². The molecule has 2 aromatic rings. The molecule has 0 radical (unpaired) electrons. The molecule has 2 amide bonds. The molecule has 1 aromatic carbocycles. The minimum atomic E-state index is -0.886. The Kier molecular flexibility index (Phi) is 4.23. The number of fused-ring (bicyclic) bond motifs is 2. The molecule has 1 aromatic heterocycles. The standard InChI is InChI=1S/C18H21N3O3S/c1-10(22)16-18(24)21-9-12(7-14(21)17(23)20-16)19-8-13-6-11-4-2-3-5-15(11)25-13/h2-6,10,12,14,16,19,22H,7-9H2,1H3,(H,20,23)/t10-,12+,14+,16+/m1/s1. The first-order chi connectivity index (χ1) is 12.0. The highest BCUT2D eigenvalue weighted by Crippen LogP contribution is 2.27. The molecule has 0 aliphatic carbocycles. The van der Waals surface area contributed by atoms with Gasteiger partial charge in [0.25, 0.3) is 0 Å². The summed E-state index contributed by atoms with van der Waals surface area (Å²) < 4.78 is 1.26. The van der Waals surface area contributed by atoms with Gasteiger partial charge in [-0.05, 0) is 30.9 Å². The number of rotatable bonds is 4. The Hall–Kier alpha value is -1.96. The molecule has 2 fully saturated rings. The maximum absolute atomic E-state index is 12.5. The van der Waals surface area contributed by atoms with Gasteiger partial charge >= 0.3 is 0 Å². The van der Waals surface area contributed by atoms with Gasteiger partial charge in [0.15, 0.2) is 0 Å². The lowest BCUT2D eigenvalue weighted by Crippen LogP contribution is -2.64. The number of aliphatic hydroxyl groups is 1. The van der Waals surface area contributed by atoms with Crippen LogP contribution in [0.15, 0.2) is 30.3 Å². The summed E-state index contributed by atoms with van der Waals surface area (Å²) >= 11 is 1.76. The molecule has 0 spiro atoms. The van der Waals surface area contributed by atoms with Crippen LogP contribution in [0.1, 0.15) is 18.2 Å². The smallest absolute Gasteiger partial charge is 0.248 e. The van der Waals surface area contributed by atoms with Gasteiger partial charge in [-0.1, -0.05) is 18.2 Å². The molecule has 132 valence electrons. The highest BCUT2D eigenvalue weighted by atomic mass is 32.1. The molecule has 2 aliphatic rings. The molecule has 0 bridgehead atoms. The Bertz CT molecular complexity index is 786. The number of hydrogen-bond donors (Lipinski definition) is 3. The Morgan fingerprint density at radius 2 is 2.20 bits per heavy atom. The molecule has 0 unspecified atom stereocenters. The normalized spacial score (nSPS) is 27.4. The van der Waals surface area contributed by atoms with E-state index in [9.17, 15) is 14.7 Å². The summed E-state index contributed by atoms with van der Waals surface area (Å²) in [5, 5.41) is 17.1. The fourth-order valence-corrected chi connectivity index (χ4v) is 4.68. The van der Waals surface area contributed by atoms with Crippen molar-refractivity contribution in [2.75, 3.05) is 6.54 Å². The summed E-state index contributed by atoms with van der Waals surface area (Å²) in [5.74, 6) is -0.359. The molecule has 3 heterocycles. The van der Waals surface area contributed by atoms with Gasteiger partial charge in [0.05, 0.1) is 6.10 Å². The van der Waals surface area contributed by atoms with E-state index in [2.05, 4.69) is 28.8 Å². The van der Waals surface area contributed by atoms with E-state index in [4.69, 9.17) is 0 Å². The van der Waals surface area contributed by atoms with Crippen molar-refractivity contribution < 1.29 is 14.7 Å². The first-order valence-electron chi connectivity index (χ1n) is 8.52. The topological polar surface area (TPSA) is 81.7 Å². The highest BCUT2D eigenvalue weighted by molar-refractivity contribution is 7.19. The van der Waals surface area contributed by atoms with E-state index < -0.39 is 18.2 Å². The van der Waals surface area contributed by atoms with E-state index >= 15 is 0 Å². The second kappa shape index (κ2) is 6.40. The van der Waals surface area contributed by atoms with Crippen LogP contribution in [0.2, 0.25) is 0 Å². The molecule has 4 atom stereocenters. The molecule has 25 heavy (non-hydrogen) atoms. The zero-order chi connectivity index (χ0) is 17.6. The van der Waals surface area contributed by atoms with Crippen LogP contribution >= 0.6 is 11.3 Å². The van der Waals surface area contributed by atoms with Gasteiger partial charge in [-0.25, -0.2) is 0 Å². The number of amides is 2. The van der Waals surface area contributed by atoms with E-state index in [1.807, 2.05) is 12.1 Å². The third-order valence-corrected chi connectivity index (χ3v) is 6.09. The number of thiophene rings is 1. The summed E-state index contributed by atoms with van der Waals surface area (Å²) in [7, 11) is 0. The van der Waals surface area contributed by atoms with E-state index in [-0.39, 0.29) is 17.9 Å². The Morgan fingerprint density at radius 3 is 2.96 bits per heavy atom. The van der Waals surface area contributed by atoms with Crippen molar-refractivity contribution in [1.82, 2.24) is 15.5 Å². The number of carbonyl (C=O) groups is 2. The maximum atomic E-state index is 12.5. The minimum Gasteiger partial charge on any atom is -0.391 e. The number of aliphatic hydroxyl groups excluding tert-OH is 1. The average Bonchev–Trinajstić information content (AvgIpc) is 3.19. The molecule has 4 rings (SSSR count). The summed E-state index contributed by atoms with van der Waals surface area (Å²) in [5.41, 5.74) is 0. The molecular formula is C18H21N3O3S. The lowest BCUT2D eigenvalue weighted by molar-refractivity contribution is -0.149. The van der Waals surface area contributed by atoms with Crippen molar-refractivity contribution in [2.45, 2.75) is 44.1 Å². The number of piperazine rings is 1. The largest absolute Gasteiger partial charge is 0.391 e. The maximum Gasteiger partial charge on any atom is 0.248 e. The van der Waals surface area contributed by atoms with Crippen LogP contribution in [-0.4, -0.2) is 52.6 Å². The third-order valence-electron chi connectivity index (χ3n) is 4.97. The zero-order valence-electron chi connectivity index (χ0n) is 13.9. The molecule has 2 saturated heterocycles. The predicted octanol–water partition coefficient (Wildman–Crippen LogP) is 0.840. The van der Waals surface area contributed by atoms with Crippen LogP contribution in [0.4, 0.5) is 0 Å². The Balaban J connectivity index is 1.42. The fourth-order valence-electron chi connectivity index (χ4n) is 3.66. The summed E-state index contributed by atoms with van der Waals surface area (Å²) in [6.45, 7) is 2.75. The Morgan fingerprint density at radius 1 is 1.40 bits per heavy atom. The molecular weight excluding hydrogens is 338 g/mol.